The Bertz CT molecular complexity index is 360. The highest BCUT2D eigenvalue weighted by Crippen LogP contribution is 2.10. The van der Waals surface area contributed by atoms with E-state index in [1.807, 2.05) is 0 Å². The molecule has 4 nitrogen and oxygen atoms in total. The van der Waals surface area contributed by atoms with E-state index in [0.29, 0.717) is 12.3 Å². The van der Waals surface area contributed by atoms with E-state index in [0.717, 1.165) is 0 Å². The van der Waals surface area contributed by atoms with Crippen LogP contribution >= 0.6 is 11.6 Å². The Labute approximate surface area is 88.5 Å². The molecule has 0 aromatic carbocycles. The Kier molecular flexibility index (Phi) is 3.97. The number of hydrogen-bond donors (Lipinski definition) is 0. The summed E-state index contributed by atoms with van der Waals surface area (Å²) in [4.78, 5) is 0. The fourth-order valence-corrected chi connectivity index (χ4v) is 2.32. The van der Waals surface area contributed by atoms with E-state index in [9.17, 15) is 8.42 Å². The van der Waals surface area contributed by atoms with Crippen LogP contribution < -0.4 is 0 Å². The van der Waals surface area contributed by atoms with Crippen molar-refractivity contribution in [3.8, 4) is 0 Å². The Morgan fingerprint density at radius 3 is 2.71 bits per heavy atom. The molecule has 80 valence electrons. The maximum atomic E-state index is 11.4. The van der Waals surface area contributed by atoms with Crippen LogP contribution in [0.5, 0.6) is 0 Å². The van der Waals surface area contributed by atoms with Crippen molar-refractivity contribution in [1.29, 1.82) is 0 Å². The fourth-order valence-electron chi connectivity index (χ4n) is 1.05. The van der Waals surface area contributed by atoms with Gasteiger partial charge in [0.15, 0.2) is 0 Å². The highest BCUT2D eigenvalue weighted by molar-refractivity contribution is 7.90. The molecule has 0 fully saturated rings. The van der Waals surface area contributed by atoms with Crippen LogP contribution in [0.2, 0.25) is 0 Å². The molecule has 1 aromatic rings. The van der Waals surface area contributed by atoms with Crippen molar-refractivity contribution < 1.29 is 12.8 Å². The molecule has 0 radical (unpaired) electrons. The molecule has 6 heteroatoms. The Hall–Kier alpha value is -0.520. The van der Waals surface area contributed by atoms with Crippen LogP contribution in [-0.4, -0.2) is 24.5 Å². The van der Waals surface area contributed by atoms with Crippen molar-refractivity contribution in [2.45, 2.75) is 13.5 Å². The summed E-state index contributed by atoms with van der Waals surface area (Å²) in [5.41, 5.74) is 0. The van der Waals surface area contributed by atoms with Gasteiger partial charge >= 0.3 is 0 Å². The number of rotatable bonds is 5. The molecular formula is C8H12ClNO3S. The standard InChI is InChI=1S/C8H12ClNO3S/c1-2-10(14(11,12)7-9)6-8-4-3-5-13-8/h3-5H,2,6-7H2,1H3. The van der Waals surface area contributed by atoms with E-state index in [4.69, 9.17) is 16.0 Å². The van der Waals surface area contributed by atoms with Gasteiger partial charge in [0, 0.05) is 6.54 Å². The predicted molar refractivity (Wildman–Crippen MR) is 54.4 cm³/mol. The van der Waals surface area contributed by atoms with Gasteiger partial charge in [-0.05, 0) is 12.1 Å². The Morgan fingerprint density at radius 1 is 1.57 bits per heavy atom. The van der Waals surface area contributed by atoms with Gasteiger partial charge in [-0.1, -0.05) is 6.92 Å². The highest BCUT2D eigenvalue weighted by atomic mass is 35.5. The van der Waals surface area contributed by atoms with Crippen molar-refractivity contribution in [2.75, 3.05) is 11.8 Å². The molecular weight excluding hydrogens is 226 g/mol. The summed E-state index contributed by atoms with van der Waals surface area (Å²) in [6, 6.07) is 3.45. The lowest BCUT2D eigenvalue weighted by molar-refractivity contribution is 0.377. The molecule has 0 aliphatic carbocycles. The summed E-state index contributed by atoms with van der Waals surface area (Å²) in [5.74, 6) is 0.612. The molecule has 0 N–H and O–H groups in total. The first kappa shape index (κ1) is 11.6. The van der Waals surface area contributed by atoms with Gasteiger partial charge in [-0.15, -0.1) is 11.6 Å². The van der Waals surface area contributed by atoms with Crippen LogP contribution in [0, 0.1) is 0 Å². The van der Waals surface area contributed by atoms with Crippen molar-refractivity contribution >= 4 is 21.6 Å². The number of sulfonamides is 1. The first-order valence-corrected chi connectivity index (χ1v) is 6.30. The number of furan rings is 1. The predicted octanol–water partition coefficient (Wildman–Crippen LogP) is 1.63. The van der Waals surface area contributed by atoms with Crippen LogP contribution in [0.25, 0.3) is 0 Å². The number of halogens is 1. The molecule has 14 heavy (non-hydrogen) atoms. The molecule has 0 spiro atoms. The smallest absolute Gasteiger partial charge is 0.228 e. The quantitative estimate of drug-likeness (QED) is 0.732. The summed E-state index contributed by atoms with van der Waals surface area (Å²) in [5, 5.41) is -0.401. The van der Waals surface area contributed by atoms with Gasteiger partial charge in [0.2, 0.25) is 10.0 Å². The summed E-state index contributed by atoms with van der Waals surface area (Å²) >= 11 is 5.35. The first-order chi connectivity index (χ1) is 6.60. The third-order valence-electron chi connectivity index (χ3n) is 1.80. The largest absolute Gasteiger partial charge is 0.468 e. The minimum absolute atomic E-state index is 0.235. The molecule has 0 bridgehead atoms. The second-order valence-corrected chi connectivity index (χ2v) is 5.28. The zero-order chi connectivity index (χ0) is 10.6. The minimum Gasteiger partial charge on any atom is -0.468 e. The monoisotopic (exact) mass is 237 g/mol. The van der Waals surface area contributed by atoms with Crippen LogP contribution in [0.15, 0.2) is 22.8 Å². The molecule has 0 atom stereocenters. The number of nitrogens with zero attached hydrogens (tertiary/aromatic N) is 1. The van der Waals surface area contributed by atoms with Crippen molar-refractivity contribution in [1.82, 2.24) is 4.31 Å². The third-order valence-corrected chi connectivity index (χ3v) is 4.07. The van der Waals surface area contributed by atoms with Gasteiger partial charge in [-0.3, -0.25) is 0 Å². The molecule has 0 aliphatic rings. The molecule has 0 amide bonds. The zero-order valence-electron chi connectivity index (χ0n) is 7.81. The molecule has 1 heterocycles. The Balaban J connectivity index is 2.74. The highest BCUT2D eigenvalue weighted by Gasteiger charge is 2.19. The molecule has 0 aliphatic heterocycles. The zero-order valence-corrected chi connectivity index (χ0v) is 9.38. The lowest BCUT2D eigenvalue weighted by Gasteiger charge is -2.17. The van der Waals surface area contributed by atoms with E-state index < -0.39 is 15.2 Å². The summed E-state index contributed by atoms with van der Waals surface area (Å²) in [7, 11) is -3.35. The lowest BCUT2D eigenvalue weighted by Crippen LogP contribution is -2.30. The maximum absolute atomic E-state index is 11.4. The topological polar surface area (TPSA) is 50.5 Å². The summed E-state index contributed by atoms with van der Waals surface area (Å²) in [6.45, 7) is 2.38. The number of hydrogen-bond acceptors (Lipinski definition) is 3. The van der Waals surface area contributed by atoms with Crippen molar-refractivity contribution in [3.63, 3.8) is 0 Å². The average molecular weight is 238 g/mol. The SMILES string of the molecule is CCN(Cc1ccco1)S(=O)(=O)CCl. The third kappa shape index (κ3) is 2.73. The van der Waals surface area contributed by atoms with Gasteiger partial charge in [-0.2, -0.15) is 4.31 Å². The van der Waals surface area contributed by atoms with Crippen molar-refractivity contribution in [3.05, 3.63) is 24.2 Å². The fraction of sp³-hybridized carbons (Fsp3) is 0.500. The van der Waals surface area contributed by atoms with E-state index >= 15 is 0 Å². The number of alkyl halides is 1. The van der Waals surface area contributed by atoms with E-state index in [-0.39, 0.29) is 6.54 Å². The van der Waals surface area contributed by atoms with Gasteiger partial charge < -0.3 is 4.42 Å². The van der Waals surface area contributed by atoms with Crippen LogP contribution in [0.4, 0.5) is 0 Å². The average Bonchev–Trinajstić information content (AvgIpc) is 2.66. The van der Waals surface area contributed by atoms with E-state index in [1.165, 1.54) is 10.6 Å². The molecule has 0 saturated carbocycles. The van der Waals surface area contributed by atoms with Crippen LogP contribution in [0.3, 0.4) is 0 Å². The first-order valence-electron chi connectivity index (χ1n) is 4.16. The van der Waals surface area contributed by atoms with Crippen LogP contribution in [0.1, 0.15) is 12.7 Å². The van der Waals surface area contributed by atoms with Gasteiger partial charge in [0.05, 0.1) is 12.8 Å². The van der Waals surface area contributed by atoms with E-state index in [1.54, 1.807) is 19.1 Å². The minimum atomic E-state index is -3.35. The molecule has 0 unspecified atom stereocenters. The second-order valence-electron chi connectivity index (χ2n) is 2.73. The lowest BCUT2D eigenvalue weighted by atomic mass is 10.4. The van der Waals surface area contributed by atoms with Gasteiger partial charge in [0.25, 0.3) is 0 Å². The van der Waals surface area contributed by atoms with Gasteiger partial charge in [-0.25, -0.2) is 8.42 Å². The normalized spacial score (nSPS) is 12.2. The second kappa shape index (κ2) is 4.82. The van der Waals surface area contributed by atoms with Crippen LogP contribution in [-0.2, 0) is 16.6 Å². The summed E-state index contributed by atoms with van der Waals surface area (Å²) in [6.07, 6.45) is 1.51. The Morgan fingerprint density at radius 2 is 2.29 bits per heavy atom. The summed E-state index contributed by atoms with van der Waals surface area (Å²) < 4.78 is 29.2. The molecule has 1 rings (SSSR count). The maximum Gasteiger partial charge on any atom is 0.228 e. The van der Waals surface area contributed by atoms with Gasteiger partial charge in [0.1, 0.15) is 11.0 Å². The van der Waals surface area contributed by atoms with Crippen molar-refractivity contribution in [2.24, 2.45) is 0 Å². The molecule has 0 saturated heterocycles. The molecule has 1 aromatic heterocycles. The van der Waals surface area contributed by atoms with E-state index in [2.05, 4.69) is 0 Å².